The number of carbonyl (C=O) groups is 26. The zero-order valence-corrected chi connectivity index (χ0v) is 77.9. The average molecular weight is 1950 g/mol. The Morgan fingerprint density at radius 2 is 0.603 bits per heavy atom. The molecule has 2 aliphatic heterocycles. The molecular formula is C84H136N16O36. The number of carboxylic acids is 2. The zero-order chi connectivity index (χ0) is 102. The predicted octanol–water partition coefficient (Wildman–Crippen LogP) is -8.74. The average Bonchev–Trinajstić information content (AvgIpc) is 1.63. The highest BCUT2D eigenvalue weighted by atomic mass is 16.5. The van der Waals surface area contributed by atoms with E-state index in [9.17, 15) is 115 Å². The van der Waals surface area contributed by atoms with Crippen molar-refractivity contribution in [2.45, 2.75) is 190 Å². The maximum absolute atomic E-state index is 15.3. The van der Waals surface area contributed by atoms with Crippen LogP contribution in [0.4, 0.5) is 0 Å². The van der Waals surface area contributed by atoms with E-state index in [-0.39, 0.29) is 140 Å². The SMILES string of the molecule is COCCNC(=O)C(=O)CCC(CC(=O)CCC(NC(=O)CCC(C(=O)NC(CCC(=O)NC(CCC(=O)C(=O)NCCOC)C(=O)C(=O)NCCOC)C(=O)CC(CCC(=O)C(=O)NCCOC)C(=O)C(=O)NCCOC)N1CCC[C@H]1C(N)=O)C(=O)NC(CCC(=O)C(=O)NCCOC)C(=O)C(=O)NCCOC)C(=O)C(=O)NCCOC.NC(=O)[C@@H]1CCCN1C(CCC(=O)O)C(=O)O.[HH].[HH]. The van der Waals surface area contributed by atoms with Gasteiger partial charge < -0.3 is 123 Å². The number of primary amides is 2. The van der Waals surface area contributed by atoms with Gasteiger partial charge in [-0.3, -0.25) is 134 Å². The van der Waals surface area contributed by atoms with Gasteiger partial charge in [-0.2, -0.15) is 0 Å². The Labute approximate surface area is 786 Å². The number of carbonyl (C=O) groups excluding carboxylic acids is 24. The number of likely N-dealkylation sites (tertiary alicyclic amines) is 2. The van der Waals surface area contributed by atoms with E-state index >= 15 is 9.59 Å². The molecule has 0 saturated carbocycles. The lowest BCUT2D eigenvalue weighted by Gasteiger charge is -2.32. The van der Waals surface area contributed by atoms with Gasteiger partial charge in [-0.05, 0) is 90.1 Å². The second-order valence-electron chi connectivity index (χ2n) is 31.0. The van der Waals surface area contributed by atoms with Crippen molar-refractivity contribution in [3.63, 3.8) is 0 Å². The minimum absolute atomic E-state index is 0. The molecule has 0 aliphatic carbocycles. The Kier molecular flexibility index (Phi) is 62.4. The smallest absolute Gasteiger partial charge is 0.320 e. The monoisotopic (exact) mass is 1940 g/mol. The molecule has 768 valence electrons. The number of hydrogen-bond donors (Lipinski definition) is 16. The van der Waals surface area contributed by atoms with E-state index in [0.717, 1.165) is 0 Å². The first kappa shape index (κ1) is 122. The molecule has 0 radical (unpaired) electrons. The van der Waals surface area contributed by atoms with Gasteiger partial charge in [-0.1, -0.05) is 0 Å². The van der Waals surface area contributed by atoms with Crippen LogP contribution in [0.1, 0.15) is 144 Å². The number of nitrogens with zero attached hydrogens (tertiary/aromatic N) is 2. The molecule has 18 N–H and O–H groups in total. The Bertz CT molecular complexity index is 4110. The van der Waals surface area contributed by atoms with Crippen LogP contribution >= 0.6 is 0 Å². The second kappa shape index (κ2) is 69.6. The topological polar surface area (TPSA) is 761 Å². The normalized spacial score (nSPS) is 15.1. The summed E-state index contributed by atoms with van der Waals surface area (Å²) >= 11 is 0. The number of ketones is 10. The molecule has 52 nitrogen and oxygen atoms in total. The van der Waals surface area contributed by atoms with E-state index in [1.54, 1.807) is 0 Å². The van der Waals surface area contributed by atoms with Crippen molar-refractivity contribution < 1.29 is 176 Å². The molecule has 2 rings (SSSR count). The van der Waals surface area contributed by atoms with Gasteiger partial charge in [0.15, 0.2) is 5.78 Å². The van der Waals surface area contributed by atoms with Crippen LogP contribution in [0.3, 0.4) is 0 Å². The minimum atomic E-state index is -2.00. The van der Waals surface area contributed by atoms with E-state index in [1.807, 2.05) is 0 Å². The molecule has 0 bridgehead atoms. The van der Waals surface area contributed by atoms with Crippen LogP contribution in [0.2, 0.25) is 0 Å². The van der Waals surface area contributed by atoms with Crippen molar-refractivity contribution in [1.82, 2.24) is 73.6 Å². The summed E-state index contributed by atoms with van der Waals surface area (Å²) in [6, 6.07) is -12.4. The number of hydrogen-bond acceptors (Lipinski definition) is 36. The molecule has 2 fully saturated rings. The Morgan fingerprint density at radius 1 is 0.316 bits per heavy atom. The van der Waals surface area contributed by atoms with Crippen LogP contribution in [-0.4, -0.2) is 396 Å². The summed E-state index contributed by atoms with van der Waals surface area (Å²) in [4.78, 5) is 348. The van der Waals surface area contributed by atoms with Crippen LogP contribution in [0.5, 0.6) is 0 Å². The lowest BCUT2D eigenvalue weighted by atomic mass is 9.88. The first-order valence-electron chi connectivity index (χ1n) is 43.9. The van der Waals surface area contributed by atoms with Crippen molar-refractivity contribution in [2.75, 3.05) is 175 Å². The summed E-state index contributed by atoms with van der Waals surface area (Å²) in [7, 11) is 10.4. The summed E-state index contributed by atoms with van der Waals surface area (Å²) < 4.78 is 39.3. The lowest BCUT2D eigenvalue weighted by molar-refractivity contribution is -0.146. The first-order chi connectivity index (χ1) is 64.6. The first-order valence-corrected chi connectivity index (χ1v) is 43.9. The van der Waals surface area contributed by atoms with Gasteiger partial charge in [0.2, 0.25) is 81.7 Å². The third-order valence-electron chi connectivity index (χ3n) is 21.0. The molecule has 0 aromatic heterocycles. The Hall–Kier alpha value is -12.2. The number of methoxy groups -OCH3 is 8. The maximum atomic E-state index is 15.3. The van der Waals surface area contributed by atoms with E-state index < -0.39 is 315 Å². The fourth-order valence-electron chi connectivity index (χ4n) is 13.7. The summed E-state index contributed by atoms with van der Waals surface area (Å²) in [6.45, 7) is -1.38. The molecule has 2 saturated heterocycles. The van der Waals surface area contributed by atoms with Crippen LogP contribution in [0, 0.1) is 11.8 Å². The zero-order valence-electron chi connectivity index (χ0n) is 77.9. The number of nitrogens with one attached hydrogen (secondary N) is 12. The van der Waals surface area contributed by atoms with Crippen molar-refractivity contribution >= 4 is 152 Å². The van der Waals surface area contributed by atoms with Gasteiger partial charge in [0.1, 0.15) is 17.9 Å². The number of nitrogens with two attached hydrogens (primary N) is 2. The Balaban J connectivity index is 0. The molecule has 0 aromatic carbocycles. The van der Waals surface area contributed by atoms with Crippen molar-refractivity contribution in [3.8, 4) is 0 Å². The number of Topliss-reactive ketones (excluding diaryl/α,β-unsaturated/α-hetero) is 10. The van der Waals surface area contributed by atoms with Crippen molar-refractivity contribution in [1.29, 1.82) is 0 Å². The highest BCUT2D eigenvalue weighted by Gasteiger charge is 2.43. The van der Waals surface area contributed by atoms with Gasteiger partial charge in [0.25, 0.3) is 47.3 Å². The molecule has 52 heteroatoms. The summed E-state index contributed by atoms with van der Waals surface area (Å²) in [5.41, 5.74) is 11.1. The molecule has 136 heavy (non-hydrogen) atoms. The van der Waals surface area contributed by atoms with Crippen LogP contribution in [-0.2, 0) is 163 Å². The molecule has 8 unspecified atom stereocenters. The van der Waals surface area contributed by atoms with Crippen molar-refractivity contribution in [3.05, 3.63) is 0 Å². The predicted molar refractivity (Wildman–Crippen MR) is 472 cm³/mol. The van der Waals surface area contributed by atoms with Gasteiger partial charge in [-0.15, -0.1) is 0 Å². The number of aliphatic carboxylic acids is 2. The van der Waals surface area contributed by atoms with Crippen LogP contribution < -0.4 is 75.3 Å². The maximum Gasteiger partial charge on any atom is 0.320 e. The molecular weight excluding hydrogens is 1810 g/mol. The summed E-state index contributed by atoms with van der Waals surface area (Å²) in [5.74, 6) is -33.2. The third kappa shape index (κ3) is 48.3. The van der Waals surface area contributed by atoms with Gasteiger partial charge in [-0.25, -0.2) is 0 Å². The van der Waals surface area contributed by atoms with Crippen LogP contribution in [0.25, 0.3) is 0 Å². The molecule has 2 heterocycles. The fourth-order valence-corrected chi connectivity index (χ4v) is 13.7. The molecule has 0 aromatic rings. The molecule has 14 amide bonds. The van der Waals surface area contributed by atoms with Gasteiger partial charge in [0, 0.05) is 188 Å². The Morgan fingerprint density at radius 3 is 0.949 bits per heavy atom. The number of carboxylic acid groups (broad SMARTS) is 2. The number of ether oxygens (including phenoxy) is 8. The minimum Gasteiger partial charge on any atom is -0.481 e. The fraction of sp³-hybridized carbons (Fsp3) is 0.690. The molecule has 2 aliphatic rings. The molecule has 10 atom stereocenters. The van der Waals surface area contributed by atoms with E-state index in [1.165, 1.54) is 66.7 Å². The van der Waals surface area contributed by atoms with Gasteiger partial charge >= 0.3 is 11.9 Å². The van der Waals surface area contributed by atoms with E-state index in [2.05, 4.69) is 63.8 Å². The standard InChI is InChI=1S/C74H116N14O31.C10H16N2O5.2H2/c1-112-34-25-76-67(104)53(90)19-11-44(60(97)71(108)80-29-38-116-5)42-46(89)13-14-50(65(102)87-49(63(100)74(111)83-32-41-119-8)16-22-56(93)70(107)79-28-37-115-4)85-59(96)24-18-52(88-33-9-10-51(88)64(75)101)66(103)86-47(57(94)43-45(61(98)72(109)81-30-39-117-6)12-20-54(91)68(105)77-26-35-113-2)17-23-58(95)84-48(62(99)73(110)82-31-40-118-7)15-21-55(92)69(106)78-27-36-114-3;11-9(15)6-2-1-5-12(6)7(10(16)17)3-4-8(13)14;;/h44-45,47-52H,9-43H2,1-8H3,(H2,75,101)(H,76,104)(H,77,105)(H,78,106)(H,79,107)(H,80,108)(H,81,109)(H,82,110)(H,83,111)(H,84,95)(H,85,96)(H,86,103)(H,87,102);6-7H,1-5H2,(H2,11,15)(H,13,14)(H,16,17);2*1H/t44?,45?,47?,48?,49?,50?,51-,52?;6-,7?;;/m00../s1. The highest BCUT2D eigenvalue weighted by Crippen LogP contribution is 2.26. The van der Waals surface area contributed by atoms with Crippen LogP contribution in [0.15, 0.2) is 0 Å². The van der Waals surface area contributed by atoms with E-state index in [0.29, 0.717) is 19.4 Å². The van der Waals surface area contributed by atoms with Gasteiger partial charge in [0.05, 0.1) is 89.1 Å². The number of rotatable bonds is 76. The third-order valence-corrected chi connectivity index (χ3v) is 21.0. The summed E-state index contributed by atoms with van der Waals surface area (Å²) in [6.07, 6.45) is -11.1. The number of amides is 14. The van der Waals surface area contributed by atoms with E-state index in [4.69, 9.17) is 59.6 Å². The van der Waals surface area contributed by atoms with Crippen molar-refractivity contribution in [2.24, 2.45) is 23.3 Å². The summed E-state index contributed by atoms with van der Waals surface area (Å²) in [5, 5.41) is 45.5. The highest BCUT2D eigenvalue weighted by molar-refractivity contribution is 6.41. The quantitative estimate of drug-likeness (QED) is 0.0199. The largest absolute Gasteiger partial charge is 0.481 e. The molecule has 0 spiro atoms. The second-order valence-corrected chi connectivity index (χ2v) is 31.0. The lowest BCUT2D eigenvalue weighted by Crippen LogP contribution is -2.56.